The molecular formula is C24H38O5. The van der Waals surface area contributed by atoms with Gasteiger partial charge in [0.1, 0.15) is 6.10 Å². The highest BCUT2D eigenvalue weighted by molar-refractivity contribution is 5.66. The molecule has 0 aromatic carbocycles. The number of hydrogen-bond acceptors (Lipinski definition) is 5. The Labute approximate surface area is 175 Å². The minimum atomic E-state index is -0.349. The van der Waals surface area contributed by atoms with E-state index in [-0.39, 0.29) is 58.8 Å². The van der Waals surface area contributed by atoms with E-state index in [1.54, 1.807) is 0 Å². The van der Waals surface area contributed by atoms with Gasteiger partial charge in [-0.15, -0.1) is 0 Å². The van der Waals surface area contributed by atoms with Crippen LogP contribution < -0.4 is 0 Å². The highest BCUT2D eigenvalue weighted by atomic mass is 16.5. The van der Waals surface area contributed by atoms with Crippen LogP contribution in [-0.2, 0) is 19.1 Å². The van der Waals surface area contributed by atoms with Crippen LogP contribution in [0.4, 0.5) is 0 Å². The first kappa shape index (κ1) is 22.3. The van der Waals surface area contributed by atoms with Crippen LogP contribution >= 0.6 is 0 Å². The smallest absolute Gasteiger partial charge is 0.302 e. The van der Waals surface area contributed by atoms with Crippen molar-refractivity contribution in [3.05, 3.63) is 12.2 Å². The Hall–Kier alpha value is -1.36. The summed E-state index contributed by atoms with van der Waals surface area (Å²) in [4.78, 5) is 23.6. The molecule has 5 heteroatoms. The van der Waals surface area contributed by atoms with Gasteiger partial charge in [-0.1, -0.05) is 39.8 Å². The Morgan fingerprint density at radius 2 is 1.76 bits per heavy atom. The molecule has 0 spiro atoms. The Bertz CT molecular complexity index is 697. The van der Waals surface area contributed by atoms with Crippen LogP contribution in [0, 0.1) is 34.0 Å². The summed E-state index contributed by atoms with van der Waals surface area (Å²) in [6.45, 7) is 16.4. The lowest BCUT2D eigenvalue weighted by Crippen LogP contribution is -2.66. The third-order valence-electron chi connectivity index (χ3n) is 8.96. The number of hydrogen-bond donors (Lipinski definition) is 1. The molecule has 0 aliphatic heterocycles. The number of rotatable bonds is 3. The van der Waals surface area contributed by atoms with Gasteiger partial charge in [-0.3, -0.25) is 9.59 Å². The van der Waals surface area contributed by atoms with Gasteiger partial charge >= 0.3 is 11.9 Å². The van der Waals surface area contributed by atoms with E-state index in [1.807, 2.05) is 0 Å². The number of carbonyl (C=O) groups excluding carboxylic acids is 2. The number of esters is 2. The molecule has 5 nitrogen and oxygen atoms in total. The maximum atomic E-state index is 12.1. The van der Waals surface area contributed by atoms with Crippen molar-refractivity contribution in [3.63, 3.8) is 0 Å². The SMILES string of the molecule is C=C1CC[C@@H]2[C@@]3(C)CC[C@H](O)C(C)(C)[C@@H]3C[C@H](OC(C)=O)[C@@]2(C)[C@@H]1COC(C)=O. The molecule has 0 heterocycles. The van der Waals surface area contributed by atoms with Gasteiger partial charge in [-0.2, -0.15) is 0 Å². The minimum absolute atomic E-state index is 0.0311. The van der Waals surface area contributed by atoms with Crippen LogP contribution in [0.25, 0.3) is 0 Å². The molecule has 3 rings (SSSR count). The van der Waals surface area contributed by atoms with Crippen molar-refractivity contribution in [1.29, 1.82) is 0 Å². The second kappa shape index (κ2) is 7.40. The molecule has 0 aromatic heterocycles. The van der Waals surface area contributed by atoms with Crippen molar-refractivity contribution >= 4 is 11.9 Å². The Kier molecular flexibility index (Phi) is 5.70. The van der Waals surface area contributed by atoms with Gasteiger partial charge < -0.3 is 14.6 Å². The fourth-order valence-corrected chi connectivity index (χ4v) is 7.39. The van der Waals surface area contributed by atoms with Gasteiger partial charge in [0.15, 0.2) is 0 Å². The fraction of sp³-hybridized carbons (Fsp3) is 0.833. The summed E-state index contributed by atoms with van der Waals surface area (Å²) in [6, 6.07) is 0. The van der Waals surface area contributed by atoms with Crippen molar-refractivity contribution < 1.29 is 24.2 Å². The Morgan fingerprint density at radius 1 is 1.10 bits per heavy atom. The third-order valence-corrected chi connectivity index (χ3v) is 8.96. The molecule has 3 fully saturated rings. The zero-order valence-electron chi connectivity index (χ0n) is 18.9. The monoisotopic (exact) mass is 406 g/mol. The van der Waals surface area contributed by atoms with Gasteiger partial charge in [-0.25, -0.2) is 0 Å². The highest BCUT2D eigenvalue weighted by Crippen LogP contribution is 2.69. The van der Waals surface area contributed by atoms with Gasteiger partial charge in [0.2, 0.25) is 0 Å². The van der Waals surface area contributed by atoms with Crippen LogP contribution in [0.1, 0.15) is 73.6 Å². The van der Waals surface area contributed by atoms with Gasteiger partial charge in [0.05, 0.1) is 12.7 Å². The zero-order chi connectivity index (χ0) is 21.8. The maximum Gasteiger partial charge on any atom is 0.302 e. The van der Waals surface area contributed by atoms with Crippen molar-refractivity contribution in [3.8, 4) is 0 Å². The van der Waals surface area contributed by atoms with E-state index in [1.165, 1.54) is 13.8 Å². The number of aliphatic hydroxyl groups is 1. The first-order valence-corrected chi connectivity index (χ1v) is 11.0. The summed E-state index contributed by atoms with van der Waals surface area (Å²) in [5.41, 5.74) is 0.523. The van der Waals surface area contributed by atoms with Crippen molar-refractivity contribution in [1.82, 2.24) is 0 Å². The standard InChI is InChI=1S/C24H38O5/c1-14-8-9-18-23(6)11-10-20(27)22(4,5)19(23)12-21(29-16(3)26)24(18,7)17(14)13-28-15(2)25/h17-21,27H,1,8-13H2,2-7H3/t17-,18-,19+,20+,21+,23-,24+/m1/s1. The molecule has 1 N–H and O–H groups in total. The maximum absolute atomic E-state index is 12.1. The molecule has 0 bridgehead atoms. The number of aliphatic hydroxyl groups excluding tert-OH is 1. The van der Waals surface area contributed by atoms with Crippen LogP contribution in [0.3, 0.4) is 0 Å². The molecule has 7 atom stereocenters. The molecule has 0 amide bonds. The summed E-state index contributed by atoms with van der Waals surface area (Å²) < 4.78 is 11.4. The quantitative estimate of drug-likeness (QED) is 0.559. The van der Waals surface area contributed by atoms with E-state index in [9.17, 15) is 14.7 Å². The van der Waals surface area contributed by atoms with Crippen LogP contribution in [0.15, 0.2) is 12.2 Å². The predicted octanol–water partition coefficient (Wildman–Crippen LogP) is 4.28. The van der Waals surface area contributed by atoms with Gasteiger partial charge in [0.25, 0.3) is 0 Å². The molecule has 3 aliphatic rings. The highest BCUT2D eigenvalue weighted by Gasteiger charge is 2.67. The van der Waals surface area contributed by atoms with Gasteiger partial charge in [-0.05, 0) is 54.8 Å². The molecule has 0 radical (unpaired) electrons. The summed E-state index contributed by atoms with van der Waals surface area (Å²) in [6.07, 6.45) is 3.72. The first-order valence-electron chi connectivity index (χ1n) is 11.0. The molecule has 164 valence electrons. The largest absolute Gasteiger partial charge is 0.465 e. The summed E-state index contributed by atoms with van der Waals surface area (Å²) in [5.74, 6) is -0.0652. The van der Waals surface area contributed by atoms with E-state index in [4.69, 9.17) is 9.47 Å². The van der Waals surface area contributed by atoms with Crippen LogP contribution in [0.2, 0.25) is 0 Å². The molecule has 0 aromatic rings. The Morgan fingerprint density at radius 3 is 2.34 bits per heavy atom. The molecule has 3 aliphatic carbocycles. The van der Waals surface area contributed by atoms with E-state index in [0.29, 0.717) is 5.92 Å². The average Bonchev–Trinajstić information content (AvgIpc) is 2.59. The molecule has 0 saturated heterocycles. The number of fused-ring (bicyclic) bond motifs is 3. The second-order valence-corrected chi connectivity index (χ2v) is 10.7. The third kappa shape index (κ3) is 3.43. The number of carbonyl (C=O) groups is 2. The van der Waals surface area contributed by atoms with E-state index >= 15 is 0 Å². The first-order chi connectivity index (χ1) is 13.3. The van der Waals surface area contributed by atoms with E-state index in [0.717, 1.165) is 37.7 Å². The minimum Gasteiger partial charge on any atom is -0.465 e. The van der Waals surface area contributed by atoms with Crippen molar-refractivity contribution in [2.24, 2.45) is 34.0 Å². The lowest BCUT2D eigenvalue weighted by Gasteiger charge is -2.68. The molecule has 29 heavy (non-hydrogen) atoms. The Balaban J connectivity index is 2.09. The fourth-order valence-electron chi connectivity index (χ4n) is 7.39. The van der Waals surface area contributed by atoms with Crippen molar-refractivity contribution in [2.45, 2.75) is 85.9 Å². The van der Waals surface area contributed by atoms with Crippen LogP contribution in [0.5, 0.6) is 0 Å². The normalized spacial score (nSPS) is 43.7. The second-order valence-electron chi connectivity index (χ2n) is 10.7. The molecular weight excluding hydrogens is 368 g/mol. The lowest BCUT2D eigenvalue weighted by molar-refractivity contribution is -0.237. The topological polar surface area (TPSA) is 72.8 Å². The summed E-state index contributed by atoms with van der Waals surface area (Å²) in [5, 5.41) is 10.8. The summed E-state index contributed by atoms with van der Waals surface area (Å²) in [7, 11) is 0. The number of ether oxygens (including phenoxy) is 2. The van der Waals surface area contributed by atoms with E-state index in [2.05, 4.69) is 34.3 Å². The van der Waals surface area contributed by atoms with E-state index < -0.39 is 0 Å². The van der Waals surface area contributed by atoms with Gasteiger partial charge in [0, 0.05) is 25.2 Å². The average molecular weight is 407 g/mol. The van der Waals surface area contributed by atoms with Crippen molar-refractivity contribution in [2.75, 3.05) is 6.61 Å². The van der Waals surface area contributed by atoms with Crippen LogP contribution in [-0.4, -0.2) is 35.9 Å². The molecule has 3 saturated carbocycles. The summed E-state index contributed by atoms with van der Waals surface area (Å²) >= 11 is 0. The predicted molar refractivity (Wildman–Crippen MR) is 111 cm³/mol. The lowest BCUT2D eigenvalue weighted by atomic mass is 9.38. The zero-order valence-corrected chi connectivity index (χ0v) is 18.9. The molecule has 0 unspecified atom stereocenters.